The van der Waals surface area contributed by atoms with Crippen molar-refractivity contribution in [3.63, 3.8) is 0 Å². The van der Waals surface area contributed by atoms with Crippen molar-refractivity contribution in [1.82, 2.24) is 20.5 Å². The van der Waals surface area contributed by atoms with E-state index in [9.17, 15) is 0 Å². The van der Waals surface area contributed by atoms with Gasteiger partial charge in [-0.05, 0) is 49.9 Å². The summed E-state index contributed by atoms with van der Waals surface area (Å²) in [6, 6.07) is 8.64. The molecule has 1 aliphatic rings. The van der Waals surface area contributed by atoms with Crippen LogP contribution < -0.4 is 15.4 Å². The van der Waals surface area contributed by atoms with Gasteiger partial charge in [-0.15, -0.1) is 11.3 Å². The molecule has 0 aliphatic carbocycles. The molecule has 146 valence electrons. The molecule has 0 radical (unpaired) electrons. The highest BCUT2D eigenvalue weighted by Crippen LogP contribution is 2.27. The Balaban J connectivity index is 1.63. The minimum Gasteiger partial charge on any atom is -0.481 e. The largest absolute Gasteiger partial charge is 0.481 e. The standard InChI is InChI=1S/C20H29N5OS/c1-3-21-20(23-14-16-8-9-19(26-2)22-13-16)24-15-17(18-7-6-12-27-18)25-10-4-5-11-25/h6-9,12-13,17H,3-5,10-11,14-15H2,1-2H3,(H2,21,23,24). The second kappa shape index (κ2) is 10.3. The van der Waals surface area contributed by atoms with Gasteiger partial charge in [-0.2, -0.15) is 0 Å². The maximum absolute atomic E-state index is 5.11. The molecule has 1 atom stereocenters. The predicted octanol–water partition coefficient (Wildman–Crippen LogP) is 3.04. The summed E-state index contributed by atoms with van der Waals surface area (Å²) in [4.78, 5) is 13.0. The molecule has 3 rings (SSSR count). The second-order valence-corrected chi connectivity index (χ2v) is 7.54. The smallest absolute Gasteiger partial charge is 0.212 e. The van der Waals surface area contributed by atoms with Crippen LogP contribution in [0.15, 0.2) is 40.8 Å². The Morgan fingerprint density at radius 3 is 2.78 bits per heavy atom. The average molecular weight is 388 g/mol. The monoisotopic (exact) mass is 387 g/mol. The summed E-state index contributed by atoms with van der Waals surface area (Å²) in [7, 11) is 1.62. The lowest BCUT2D eigenvalue weighted by atomic mass is 10.2. The average Bonchev–Trinajstić information content (AvgIpc) is 3.41. The topological polar surface area (TPSA) is 61.8 Å². The van der Waals surface area contributed by atoms with Gasteiger partial charge in [-0.1, -0.05) is 12.1 Å². The van der Waals surface area contributed by atoms with E-state index in [1.807, 2.05) is 29.7 Å². The van der Waals surface area contributed by atoms with Gasteiger partial charge in [-0.25, -0.2) is 9.98 Å². The number of hydrogen-bond acceptors (Lipinski definition) is 5. The quantitative estimate of drug-likeness (QED) is 0.538. The van der Waals surface area contributed by atoms with E-state index < -0.39 is 0 Å². The van der Waals surface area contributed by atoms with Crippen molar-refractivity contribution in [2.75, 3.05) is 33.3 Å². The molecule has 1 fully saturated rings. The molecule has 7 heteroatoms. The number of methoxy groups -OCH3 is 1. The zero-order valence-corrected chi connectivity index (χ0v) is 17.0. The van der Waals surface area contributed by atoms with E-state index in [0.29, 0.717) is 18.5 Å². The van der Waals surface area contributed by atoms with Gasteiger partial charge in [0.2, 0.25) is 5.88 Å². The highest BCUT2D eigenvalue weighted by atomic mass is 32.1. The molecule has 6 nitrogen and oxygen atoms in total. The normalized spacial score (nSPS) is 16.3. The van der Waals surface area contributed by atoms with Gasteiger partial charge in [-0.3, -0.25) is 4.90 Å². The minimum atomic E-state index is 0.402. The number of rotatable bonds is 8. The van der Waals surface area contributed by atoms with Crippen molar-refractivity contribution >= 4 is 17.3 Å². The molecule has 2 N–H and O–H groups in total. The number of guanidine groups is 1. The van der Waals surface area contributed by atoms with Crippen molar-refractivity contribution in [2.24, 2.45) is 4.99 Å². The predicted molar refractivity (Wildman–Crippen MR) is 111 cm³/mol. The maximum atomic E-state index is 5.11. The molecule has 3 heterocycles. The summed E-state index contributed by atoms with van der Waals surface area (Å²) in [6.45, 7) is 6.71. The number of hydrogen-bond donors (Lipinski definition) is 2. The molecule has 0 spiro atoms. The number of pyridine rings is 1. The lowest BCUT2D eigenvalue weighted by Crippen LogP contribution is -2.42. The van der Waals surface area contributed by atoms with E-state index in [-0.39, 0.29) is 0 Å². The van der Waals surface area contributed by atoms with Gasteiger partial charge in [0, 0.05) is 30.2 Å². The Kier molecular flexibility index (Phi) is 7.47. The van der Waals surface area contributed by atoms with E-state index in [2.05, 4.69) is 45.0 Å². The number of aliphatic imine (C=N–C) groups is 1. The fraction of sp³-hybridized carbons (Fsp3) is 0.500. The molecule has 0 amide bonds. The van der Waals surface area contributed by atoms with Crippen LogP contribution in [-0.4, -0.2) is 49.1 Å². The van der Waals surface area contributed by atoms with Crippen LogP contribution >= 0.6 is 11.3 Å². The number of aromatic nitrogens is 1. The first-order valence-corrected chi connectivity index (χ1v) is 10.5. The molecule has 27 heavy (non-hydrogen) atoms. The Labute approximate surface area is 165 Å². The molecular weight excluding hydrogens is 358 g/mol. The van der Waals surface area contributed by atoms with Crippen LogP contribution in [0.25, 0.3) is 0 Å². The third-order valence-electron chi connectivity index (χ3n) is 4.69. The molecule has 0 saturated carbocycles. The molecule has 1 saturated heterocycles. The molecular formula is C20H29N5OS. The number of likely N-dealkylation sites (tertiary alicyclic amines) is 1. The van der Waals surface area contributed by atoms with Gasteiger partial charge < -0.3 is 15.4 Å². The van der Waals surface area contributed by atoms with Gasteiger partial charge in [0.15, 0.2) is 5.96 Å². The van der Waals surface area contributed by atoms with Crippen molar-refractivity contribution in [1.29, 1.82) is 0 Å². The lowest BCUT2D eigenvalue weighted by Gasteiger charge is -2.27. The van der Waals surface area contributed by atoms with Crippen LogP contribution in [0.3, 0.4) is 0 Å². The molecule has 1 aliphatic heterocycles. The second-order valence-electron chi connectivity index (χ2n) is 6.56. The Hall–Kier alpha value is -2.12. The van der Waals surface area contributed by atoms with Gasteiger partial charge in [0.05, 0.1) is 19.7 Å². The third kappa shape index (κ3) is 5.68. The maximum Gasteiger partial charge on any atom is 0.212 e. The van der Waals surface area contributed by atoms with Gasteiger partial charge >= 0.3 is 0 Å². The number of ether oxygens (including phenoxy) is 1. The molecule has 1 unspecified atom stereocenters. The summed E-state index contributed by atoms with van der Waals surface area (Å²) in [5.74, 6) is 1.46. The SMILES string of the molecule is CCNC(=NCc1ccc(OC)nc1)NCC(c1cccs1)N1CCCC1. The number of nitrogens with one attached hydrogen (secondary N) is 2. The zero-order valence-electron chi connectivity index (χ0n) is 16.1. The van der Waals surface area contributed by atoms with Crippen LogP contribution in [0.2, 0.25) is 0 Å². The Morgan fingerprint density at radius 2 is 2.15 bits per heavy atom. The molecule has 2 aromatic rings. The zero-order chi connectivity index (χ0) is 18.9. The van der Waals surface area contributed by atoms with Crippen LogP contribution in [0.1, 0.15) is 36.2 Å². The molecule has 0 aromatic carbocycles. The highest BCUT2D eigenvalue weighted by Gasteiger charge is 2.24. The Bertz CT molecular complexity index is 696. The number of nitrogens with zero attached hydrogens (tertiary/aromatic N) is 3. The first kappa shape index (κ1) is 19.6. The van der Waals surface area contributed by atoms with Crippen molar-refractivity contribution in [2.45, 2.75) is 32.4 Å². The van der Waals surface area contributed by atoms with Crippen LogP contribution in [0, 0.1) is 0 Å². The summed E-state index contributed by atoms with van der Waals surface area (Å²) < 4.78 is 5.11. The van der Waals surface area contributed by atoms with E-state index in [1.165, 1.54) is 30.8 Å². The summed E-state index contributed by atoms with van der Waals surface area (Å²) in [5, 5.41) is 9.04. The van der Waals surface area contributed by atoms with E-state index in [4.69, 9.17) is 9.73 Å². The highest BCUT2D eigenvalue weighted by molar-refractivity contribution is 7.10. The van der Waals surface area contributed by atoms with Crippen LogP contribution in [0.4, 0.5) is 0 Å². The Morgan fingerprint density at radius 1 is 1.30 bits per heavy atom. The van der Waals surface area contributed by atoms with Crippen molar-refractivity contribution in [3.05, 3.63) is 46.3 Å². The van der Waals surface area contributed by atoms with E-state index in [1.54, 1.807) is 7.11 Å². The van der Waals surface area contributed by atoms with Gasteiger partial charge in [0.25, 0.3) is 0 Å². The lowest BCUT2D eigenvalue weighted by molar-refractivity contribution is 0.249. The van der Waals surface area contributed by atoms with Crippen molar-refractivity contribution < 1.29 is 4.74 Å². The summed E-state index contributed by atoms with van der Waals surface area (Å²) in [5.41, 5.74) is 1.06. The van der Waals surface area contributed by atoms with E-state index in [0.717, 1.165) is 24.6 Å². The first-order chi connectivity index (χ1) is 13.3. The molecule has 0 bridgehead atoms. The summed E-state index contributed by atoms with van der Waals surface area (Å²) in [6.07, 6.45) is 4.39. The molecule has 2 aromatic heterocycles. The van der Waals surface area contributed by atoms with Crippen molar-refractivity contribution in [3.8, 4) is 5.88 Å². The van der Waals surface area contributed by atoms with Crippen LogP contribution in [0.5, 0.6) is 5.88 Å². The third-order valence-corrected chi connectivity index (χ3v) is 5.66. The summed E-state index contributed by atoms with van der Waals surface area (Å²) >= 11 is 1.83. The fourth-order valence-electron chi connectivity index (χ4n) is 3.27. The van der Waals surface area contributed by atoms with E-state index >= 15 is 0 Å². The fourth-order valence-corrected chi connectivity index (χ4v) is 4.14. The number of thiophene rings is 1. The van der Waals surface area contributed by atoms with Gasteiger partial charge in [0.1, 0.15) is 0 Å². The minimum absolute atomic E-state index is 0.402. The first-order valence-electron chi connectivity index (χ1n) is 9.58. The van der Waals surface area contributed by atoms with Crippen LogP contribution in [-0.2, 0) is 6.54 Å².